The van der Waals surface area contributed by atoms with E-state index in [4.69, 9.17) is 4.74 Å². The second kappa shape index (κ2) is 4.65. The highest BCUT2D eigenvalue weighted by Gasteiger charge is 2.11. The fourth-order valence-electron chi connectivity index (χ4n) is 1.50. The lowest BCUT2D eigenvalue weighted by molar-refractivity contribution is 0.0517. The van der Waals surface area contributed by atoms with Gasteiger partial charge in [-0.25, -0.2) is 9.78 Å². The highest BCUT2D eigenvalue weighted by Crippen LogP contribution is 2.12. The van der Waals surface area contributed by atoms with Crippen LogP contribution in [0.5, 0.6) is 0 Å². The Bertz CT molecular complexity index is 522. The maximum atomic E-state index is 11.7. The normalized spacial score (nSPS) is 10.6. The molecule has 2 aromatic rings. The Labute approximate surface area is 101 Å². The van der Waals surface area contributed by atoms with Gasteiger partial charge in [0.25, 0.3) is 0 Å². The van der Waals surface area contributed by atoms with Gasteiger partial charge >= 0.3 is 5.97 Å². The molecule has 2 aromatic heterocycles. The van der Waals surface area contributed by atoms with Gasteiger partial charge in [0.2, 0.25) is 0 Å². The van der Waals surface area contributed by atoms with Gasteiger partial charge < -0.3 is 4.74 Å². The van der Waals surface area contributed by atoms with Crippen LogP contribution >= 0.6 is 15.9 Å². The van der Waals surface area contributed by atoms with Gasteiger partial charge in [-0.1, -0.05) is 22.0 Å². The third kappa shape index (κ3) is 1.95. The Kier molecular flexibility index (Phi) is 3.24. The fourth-order valence-corrected chi connectivity index (χ4v) is 1.77. The molecule has 0 unspecified atom stereocenters. The first-order chi connectivity index (χ1) is 7.76. The van der Waals surface area contributed by atoms with Crippen LogP contribution in [0.1, 0.15) is 23.1 Å². The molecule has 0 N–H and O–H groups in total. The minimum atomic E-state index is -0.327. The summed E-state index contributed by atoms with van der Waals surface area (Å²) >= 11 is 3.34. The van der Waals surface area contributed by atoms with Crippen LogP contribution in [-0.4, -0.2) is 22.0 Å². The number of aromatic nitrogens is 2. The summed E-state index contributed by atoms with van der Waals surface area (Å²) in [5.41, 5.74) is 2.14. The van der Waals surface area contributed by atoms with E-state index >= 15 is 0 Å². The molecule has 0 bridgehead atoms. The van der Waals surface area contributed by atoms with E-state index in [9.17, 15) is 4.79 Å². The third-order valence-electron chi connectivity index (χ3n) is 2.16. The van der Waals surface area contributed by atoms with Crippen molar-refractivity contribution in [3.63, 3.8) is 0 Å². The molecule has 84 valence electrons. The number of alkyl halides is 1. The predicted octanol–water partition coefficient (Wildman–Crippen LogP) is 2.41. The topological polar surface area (TPSA) is 43.6 Å². The maximum absolute atomic E-state index is 11.7. The van der Waals surface area contributed by atoms with Crippen LogP contribution < -0.4 is 0 Å². The van der Waals surface area contributed by atoms with Crippen LogP contribution in [0.15, 0.2) is 24.4 Å². The average Bonchev–Trinajstić information content (AvgIpc) is 2.71. The van der Waals surface area contributed by atoms with Crippen LogP contribution in [0.3, 0.4) is 0 Å². The van der Waals surface area contributed by atoms with E-state index in [-0.39, 0.29) is 5.97 Å². The molecule has 0 aliphatic rings. The molecule has 2 heterocycles. The lowest BCUT2D eigenvalue weighted by Gasteiger charge is -2.03. The molecule has 16 heavy (non-hydrogen) atoms. The van der Waals surface area contributed by atoms with Crippen molar-refractivity contribution in [2.24, 2.45) is 0 Å². The smallest absolute Gasteiger partial charge is 0.355 e. The van der Waals surface area contributed by atoms with Crippen LogP contribution in [-0.2, 0) is 10.1 Å². The summed E-state index contributed by atoms with van der Waals surface area (Å²) in [7, 11) is 0. The van der Waals surface area contributed by atoms with Gasteiger partial charge in [-0.2, -0.15) is 0 Å². The van der Waals surface area contributed by atoms with Crippen molar-refractivity contribution in [2.75, 3.05) is 6.61 Å². The SMILES string of the molecule is CCOC(=O)c1cccc2nc(CBr)cn12. The molecule has 2 rings (SSSR count). The van der Waals surface area contributed by atoms with Gasteiger partial charge in [-0.15, -0.1) is 0 Å². The summed E-state index contributed by atoms with van der Waals surface area (Å²) in [4.78, 5) is 16.0. The number of rotatable bonds is 3. The number of fused-ring (bicyclic) bond motifs is 1. The van der Waals surface area contributed by atoms with E-state index in [1.165, 1.54) is 0 Å². The summed E-state index contributed by atoms with van der Waals surface area (Å²) in [6.07, 6.45) is 1.83. The van der Waals surface area contributed by atoms with Crippen molar-refractivity contribution in [3.05, 3.63) is 35.8 Å². The second-order valence-corrected chi connectivity index (χ2v) is 3.79. The first-order valence-electron chi connectivity index (χ1n) is 4.96. The van der Waals surface area contributed by atoms with Gasteiger partial charge in [-0.3, -0.25) is 4.40 Å². The van der Waals surface area contributed by atoms with Crippen molar-refractivity contribution >= 4 is 27.5 Å². The van der Waals surface area contributed by atoms with Crippen LogP contribution in [0.4, 0.5) is 0 Å². The number of hydrogen-bond donors (Lipinski definition) is 0. The Morgan fingerprint density at radius 2 is 2.38 bits per heavy atom. The molecule has 0 aromatic carbocycles. The summed E-state index contributed by atoms with van der Waals surface area (Å²) < 4.78 is 6.72. The zero-order valence-electron chi connectivity index (χ0n) is 8.81. The number of carbonyl (C=O) groups is 1. The largest absolute Gasteiger partial charge is 0.461 e. The highest BCUT2D eigenvalue weighted by molar-refractivity contribution is 9.08. The molecule has 0 saturated heterocycles. The summed E-state index contributed by atoms with van der Waals surface area (Å²) in [6.45, 7) is 2.16. The van der Waals surface area contributed by atoms with Gasteiger partial charge in [0.05, 0.1) is 12.3 Å². The lowest BCUT2D eigenvalue weighted by Crippen LogP contribution is -2.09. The number of pyridine rings is 1. The van der Waals surface area contributed by atoms with Crippen molar-refractivity contribution in [2.45, 2.75) is 12.3 Å². The maximum Gasteiger partial charge on any atom is 0.355 e. The minimum Gasteiger partial charge on any atom is -0.461 e. The molecule has 0 aliphatic heterocycles. The Morgan fingerprint density at radius 1 is 1.56 bits per heavy atom. The Morgan fingerprint density at radius 3 is 3.06 bits per heavy atom. The van der Waals surface area contributed by atoms with Crippen molar-refractivity contribution in [1.29, 1.82) is 0 Å². The molecular weight excluding hydrogens is 272 g/mol. The second-order valence-electron chi connectivity index (χ2n) is 3.23. The molecule has 0 aliphatic carbocycles. The number of nitrogens with zero attached hydrogens (tertiary/aromatic N) is 2. The number of hydrogen-bond acceptors (Lipinski definition) is 3. The molecule has 5 heteroatoms. The zero-order valence-corrected chi connectivity index (χ0v) is 10.4. The number of carbonyl (C=O) groups excluding carboxylic acids is 1. The average molecular weight is 283 g/mol. The molecule has 4 nitrogen and oxygen atoms in total. The highest BCUT2D eigenvalue weighted by atomic mass is 79.9. The van der Waals surface area contributed by atoms with Crippen LogP contribution in [0.25, 0.3) is 5.65 Å². The quantitative estimate of drug-likeness (QED) is 0.641. The Balaban J connectivity index is 2.52. The van der Waals surface area contributed by atoms with Gasteiger partial charge in [0.15, 0.2) is 0 Å². The molecule has 0 spiro atoms. The molecule has 0 atom stereocenters. The van der Waals surface area contributed by atoms with Gasteiger partial charge in [0.1, 0.15) is 11.3 Å². The number of esters is 1. The summed E-state index contributed by atoms with van der Waals surface area (Å²) in [5, 5.41) is 0.664. The standard InChI is InChI=1S/C11H11BrN2O2/c1-2-16-11(15)9-4-3-5-10-13-8(6-12)7-14(9)10/h3-5,7H,2,6H2,1H3. The van der Waals surface area contributed by atoms with E-state index in [1.807, 2.05) is 12.3 Å². The van der Waals surface area contributed by atoms with Crippen molar-refractivity contribution in [1.82, 2.24) is 9.38 Å². The van der Waals surface area contributed by atoms with E-state index in [0.29, 0.717) is 17.6 Å². The molecule has 0 amide bonds. The van der Waals surface area contributed by atoms with Gasteiger partial charge in [0, 0.05) is 11.5 Å². The van der Waals surface area contributed by atoms with Crippen molar-refractivity contribution in [3.8, 4) is 0 Å². The Hall–Kier alpha value is -1.36. The lowest BCUT2D eigenvalue weighted by atomic mass is 10.3. The first kappa shape index (κ1) is 11.1. The van der Waals surface area contributed by atoms with Crippen LogP contribution in [0.2, 0.25) is 0 Å². The first-order valence-corrected chi connectivity index (χ1v) is 6.08. The van der Waals surface area contributed by atoms with Crippen LogP contribution in [0, 0.1) is 0 Å². The van der Waals surface area contributed by atoms with E-state index < -0.39 is 0 Å². The monoisotopic (exact) mass is 282 g/mol. The van der Waals surface area contributed by atoms with E-state index in [2.05, 4.69) is 20.9 Å². The number of halogens is 1. The molecule has 0 fully saturated rings. The van der Waals surface area contributed by atoms with Gasteiger partial charge in [-0.05, 0) is 19.1 Å². The predicted molar refractivity (Wildman–Crippen MR) is 63.8 cm³/mol. The molecule has 0 saturated carbocycles. The van der Waals surface area contributed by atoms with Crippen molar-refractivity contribution < 1.29 is 9.53 Å². The number of imidazole rings is 1. The summed E-state index contributed by atoms with van der Waals surface area (Å²) in [5.74, 6) is -0.327. The third-order valence-corrected chi connectivity index (χ3v) is 2.74. The molecule has 0 radical (unpaired) electrons. The zero-order chi connectivity index (χ0) is 11.5. The summed E-state index contributed by atoms with van der Waals surface area (Å²) in [6, 6.07) is 5.38. The van der Waals surface area contributed by atoms with E-state index in [0.717, 1.165) is 11.3 Å². The fraction of sp³-hybridized carbons (Fsp3) is 0.273. The minimum absolute atomic E-state index is 0.327. The van der Waals surface area contributed by atoms with E-state index in [1.54, 1.807) is 23.5 Å². The number of ether oxygens (including phenoxy) is 1. The molecular formula is C11H11BrN2O2.